The Labute approximate surface area is 128 Å². The molecular formula is C17H29N3O. The molecule has 1 aliphatic rings. The lowest BCUT2D eigenvalue weighted by Gasteiger charge is -2.37. The second kappa shape index (κ2) is 8.25. The van der Waals surface area contributed by atoms with Crippen molar-refractivity contribution in [3.8, 4) is 5.75 Å². The normalized spacial score (nSPS) is 17.8. The van der Waals surface area contributed by atoms with Crippen molar-refractivity contribution in [3.63, 3.8) is 0 Å². The Balaban J connectivity index is 1.85. The highest BCUT2D eigenvalue weighted by Crippen LogP contribution is 2.22. The molecule has 1 fully saturated rings. The molecule has 0 bridgehead atoms. The van der Waals surface area contributed by atoms with E-state index in [0.29, 0.717) is 5.92 Å². The van der Waals surface area contributed by atoms with Crippen molar-refractivity contribution in [1.29, 1.82) is 0 Å². The number of hydrogen-bond donors (Lipinski definition) is 1. The van der Waals surface area contributed by atoms with Crippen molar-refractivity contribution < 1.29 is 4.74 Å². The molecule has 1 aromatic rings. The molecule has 21 heavy (non-hydrogen) atoms. The van der Waals surface area contributed by atoms with Crippen molar-refractivity contribution in [2.45, 2.75) is 19.8 Å². The van der Waals surface area contributed by atoms with E-state index in [4.69, 9.17) is 10.5 Å². The zero-order valence-corrected chi connectivity index (χ0v) is 13.4. The van der Waals surface area contributed by atoms with Crippen molar-refractivity contribution in [2.24, 2.45) is 11.7 Å². The van der Waals surface area contributed by atoms with Crippen LogP contribution in [-0.4, -0.2) is 51.3 Å². The monoisotopic (exact) mass is 291 g/mol. The number of nitrogens with zero attached hydrogens (tertiary/aromatic N) is 2. The topological polar surface area (TPSA) is 41.7 Å². The van der Waals surface area contributed by atoms with Gasteiger partial charge in [-0.2, -0.15) is 0 Å². The van der Waals surface area contributed by atoms with Gasteiger partial charge in [0.1, 0.15) is 5.75 Å². The fourth-order valence-electron chi connectivity index (χ4n) is 3.05. The zero-order chi connectivity index (χ0) is 15.1. The van der Waals surface area contributed by atoms with Gasteiger partial charge in [0.15, 0.2) is 0 Å². The van der Waals surface area contributed by atoms with E-state index in [9.17, 15) is 0 Å². The van der Waals surface area contributed by atoms with Crippen LogP contribution in [0.3, 0.4) is 0 Å². The highest BCUT2D eigenvalue weighted by Gasteiger charge is 2.19. The summed E-state index contributed by atoms with van der Waals surface area (Å²) in [6.45, 7) is 8.60. The third kappa shape index (κ3) is 4.61. The summed E-state index contributed by atoms with van der Waals surface area (Å²) in [6.07, 6.45) is 2.47. The van der Waals surface area contributed by atoms with E-state index in [1.807, 2.05) is 6.07 Å². The second-order valence-electron chi connectivity index (χ2n) is 5.88. The number of rotatable bonds is 7. The Kier molecular flexibility index (Phi) is 6.33. The molecule has 0 aliphatic carbocycles. The summed E-state index contributed by atoms with van der Waals surface area (Å²) in [4.78, 5) is 5.00. The van der Waals surface area contributed by atoms with Crippen LogP contribution in [0.1, 0.15) is 19.8 Å². The van der Waals surface area contributed by atoms with Gasteiger partial charge in [-0.05, 0) is 31.0 Å². The summed E-state index contributed by atoms with van der Waals surface area (Å²) >= 11 is 0. The summed E-state index contributed by atoms with van der Waals surface area (Å²) in [6, 6.07) is 8.34. The van der Waals surface area contributed by atoms with Crippen molar-refractivity contribution in [3.05, 3.63) is 24.3 Å². The summed E-state index contributed by atoms with van der Waals surface area (Å²) in [5.41, 5.74) is 7.14. The zero-order valence-electron chi connectivity index (χ0n) is 13.4. The summed E-state index contributed by atoms with van der Waals surface area (Å²) in [5, 5.41) is 0. The molecule has 2 rings (SSSR count). The highest BCUT2D eigenvalue weighted by atomic mass is 16.5. The van der Waals surface area contributed by atoms with Gasteiger partial charge in [-0.15, -0.1) is 0 Å². The quantitative estimate of drug-likeness (QED) is 0.836. The molecule has 1 heterocycles. The molecule has 0 radical (unpaired) electrons. The first kappa shape index (κ1) is 16.1. The molecule has 4 heteroatoms. The minimum absolute atomic E-state index is 0.651. The maximum atomic E-state index is 5.88. The Morgan fingerprint density at radius 2 is 2.00 bits per heavy atom. The molecule has 1 aromatic carbocycles. The van der Waals surface area contributed by atoms with E-state index >= 15 is 0 Å². The molecule has 2 N–H and O–H groups in total. The molecule has 1 aliphatic heterocycles. The summed E-state index contributed by atoms with van der Waals surface area (Å²) < 4.78 is 5.31. The van der Waals surface area contributed by atoms with Crippen LogP contribution >= 0.6 is 0 Å². The third-order valence-corrected chi connectivity index (χ3v) is 4.34. The van der Waals surface area contributed by atoms with E-state index in [1.165, 1.54) is 18.5 Å². The first-order valence-corrected chi connectivity index (χ1v) is 8.08. The average molecular weight is 291 g/mol. The maximum absolute atomic E-state index is 5.88. The van der Waals surface area contributed by atoms with E-state index in [1.54, 1.807) is 7.11 Å². The lowest BCUT2D eigenvalue weighted by molar-refractivity contribution is 0.214. The molecule has 1 atom stereocenters. The molecule has 0 amide bonds. The number of piperazine rings is 1. The Morgan fingerprint density at radius 1 is 1.24 bits per heavy atom. The molecule has 1 unspecified atom stereocenters. The number of ether oxygens (including phenoxy) is 1. The van der Waals surface area contributed by atoms with E-state index in [2.05, 4.69) is 34.9 Å². The van der Waals surface area contributed by atoms with Gasteiger partial charge in [-0.3, -0.25) is 4.90 Å². The Hall–Kier alpha value is -1.26. The van der Waals surface area contributed by atoms with Gasteiger partial charge in [0, 0.05) is 44.5 Å². The van der Waals surface area contributed by atoms with Gasteiger partial charge in [-0.25, -0.2) is 0 Å². The van der Waals surface area contributed by atoms with Crippen LogP contribution in [0.5, 0.6) is 5.75 Å². The number of anilines is 1. The minimum Gasteiger partial charge on any atom is -0.497 e. The minimum atomic E-state index is 0.651. The van der Waals surface area contributed by atoms with Gasteiger partial charge < -0.3 is 15.4 Å². The predicted molar refractivity (Wildman–Crippen MR) is 89.1 cm³/mol. The maximum Gasteiger partial charge on any atom is 0.120 e. The molecule has 0 saturated carbocycles. The van der Waals surface area contributed by atoms with Crippen molar-refractivity contribution in [2.75, 3.05) is 51.3 Å². The predicted octanol–water partition coefficient (Wildman–Crippen LogP) is 2.19. The molecule has 0 spiro atoms. The highest BCUT2D eigenvalue weighted by molar-refractivity contribution is 5.51. The number of hydrogen-bond acceptors (Lipinski definition) is 4. The van der Waals surface area contributed by atoms with Crippen LogP contribution in [0.15, 0.2) is 24.3 Å². The lowest BCUT2D eigenvalue weighted by atomic mass is 10.0. The van der Waals surface area contributed by atoms with Crippen LogP contribution in [0.4, 0.5) is 5.69 Å². The third-order valence-electron chi connectivity index (χ3n) is 4.34. The van der Waals surface area contributed by atoms with Crippen LogP contribution in [0.2, 0.25) is 0 Å². The van der Waals surface area contributed by atoms with Gasteiger partial charge in [0.05, 0.1) is 7.11 Å². The second-order valence-corrected chi connectivity index (χ2v) is 5.88. The fourth-order valence-corrected chi connectivity index (χ4v) is 3.05. The van der Waals surface area contributed by atoms with Crippen LogP contribution in [0.25, 0.3) is 0 Å². The Bertz CT molecular complexity index is 416. The number of methoxy groups -OCH3 is 1. The van der Waals surface area contributed by atoms with Crippen LogP contribution < -0.4 is 15.4 Å². The molecular weight excluding hydrogens is 262 g/mol. The van der Waals surface area contributed by atoms with E-state index < -0.39 is 0 Å². The number of benzene rings is 1. The smallest absolute Gasteiger partial charge is 0.120 e. The standard InChI is InChI=1S/C17H29N3O/c1-3-5-15(13-18)14-19-8-10-20(11-9-19)16-6-4-7-17(12-16)21-2/h4,6-7,12,15H,3,5,8-11,13-14,18H2,1-2H3. The van der Waals surface area contributed by atoms with Gasteiger partial charge >= 0.3 is 0 Å². The molecule has 0 aromatic heterocycles. The molecule has 4 nitrogen and oxygen atoms in total. The largest absolute Gasteiger partial charge is 0.497 e. The van der Waals surface area contributed by atoms with Crippen LogP contribution in [-0.2, 0) is 0 Å². The lowest BCUT2D eigenvalue weighted by Crippen LogP contribution is -2.48. The Morgan fingerprint density at radius 3 is 2.62 bits per heavy atom. The van der Waals surface area contributed by atoms with E-state index in [0.717, 1.165) is 45.0 Å². The van der Waals surface area contributed by atoms with Crippen molar-refractivity contribution in [1.82, 2.24) is 4.90 Å². The molecule has 118 valence electrons. The number of nitrogens with two attached hydrogens (primary N) is 1. The summed E-state index contributed by atoms with van der Waals surface area (Å²) in [7, 11) is 1.72. The fraction of sp³-hybridized carbons (Fsp3) is 0.647. The van der Waals surface area contributed by atoms with Crippen LogP contribution in [0, 0.1) is 5.92 Å². The molecule has 1 saturated heterocycles. The first-order valence-electron chi connectivity index (χ1n) is 8.08. The van der Waals surface area contributed by atoms with E-state index in [-0.39, 0.29) is 0 Å². The van der Waals surface area contributed by atoms with Gasteiger partial charge in [0.2, 0.25) is 0 Å². The SMILES string of the molecule is CCCC(CN)CN1CCN(c2cccc(OC)c2)CC1. The average Bonchev–Trinajstić information content (AvgIpc) is 2.55. The van der Waals surface area contributed by atoms with Crippen molar-refractivity contribution >= 4 is 5.69 Å². The van der Waals surface area contributed by atoms with Gasteiger partial charge in [-0.1, -0.05) is 19.4 Å². The first-order chi connectivity index (χ1) is 10.3. The summed E-state index contributed by atoms with van der Waals surface area (Å²) in [5.74, 6) is 1.58. The van der Waals surface area contributed by atoms with Gasteiger partial charge in [0.25, 0.3) is 0 Å².